The molecule has 2 rings (SSSR count). The van der Waals surface area contributed by atoms with Gasteiger partial charge in [0.25, 0.3) is 0 Å². The van der Waals surface area contributed by atoms with E-state index < -0.39 is 0 Å². The molecule has 1 aliphatic carbocycles. The summed E-state index contributed by atoms with van der Waals surface area (Å²) in [6.07, 6.45) is 0. The number of anilines is 2. The highest BCUT2D eigenvalue weighted by Gasteiger charge is 2.64. The summed E-state index contributed by atoms with van der Waals surface area (Å²) in [4.78, 5) is 0. The lowest BCUT2D eigenvalue weighted by Gasteiger charge is -2.13. The van der Waals surface area contributed by atoms with Crippen molar-refractivity contribution in [2.24, 2.45) is 16.7 Å². The smallest absolute Gasteiger partial charge is 0.0603 e. The third-order valence-corrected chi connectivity index (χ3v) is 5.11. The number of hydrogen-bond donors (Lipinski definition) is 2. The third-order valence-electron chi connectivity index (χ3n) is 5.11. The summed E-state index contributed by atoms with van der Waals surface area (Å²) in [5.41, 5.74) is 10.0. The molecular formula is C15H24N2. The van der Waals surface area contributed by atoms with Crippen LogP contribution >= 0.6 is 0 Å². The first kappa shape index (κ1) is 12.3. The van der Waals surface area contributed by atoms with Crippen LogP contribution in [0.1, 0.15) is 33.3 Å². The van der Waals surface area contributed by atoms with Crippen LogP contribution in [0.25, 0.3) is 0 Å². The van der Waals surface area contributed by atoms with E-state index in [1.165, 1.54) is 5.56 Å². The summed E-state index contributed by atoms with van der Waals surface area (Å²) in [7, 11) is 0. The quantitative estimate of drug-likeness (QED) is 0.780. The van der Waals surface area contributed by atoms with Crippen molar-refractivity contribution in [2.75, 3.05) is 17.6 Å². The van der Waals surface area contributed by atoms with Gasteiger partial charge in [0, 0.05) is 6.54 Å². The summed E-state index contributed by atoms with van der Waals surface area (Å²) < 4.78 is 0. The predicted octanol–water partition coefficient (Wildman–Crippen LogP) is 3.67. The molecule has 2 heteroatoms. The molecule has 0 bridgehead atoms. The average Bonchev–Trinajstić information content (AvgIpc) is 2.59. The Morgan fingerprint density at radius 1 is 1.18 bits per heavy atom. The molecule has 2 nitrogen and oxygen atoms in total. The van der Waals surface area contributed by atoms with E-state index in [-0.39, 0.29) is 0 Å². The van der Waals surface area contributed by atoms with Crippen LogP contribution in [0.15, 0.2) is 18.2 Å². The molecule has 17 heavy (non-hydrogen) atoms. The molecule has 0 atom stereocenters. The lowest BCUT2D eigenvalue weighted by atomic mass is 10.0. The van der Waals surface area contributed by atoms with Crippen molar-refractivity contribution >= 4 is 11.4 Å². The molecule has 0 spiro atoms. The molecule has 1 saturated carbocycles. The van der Waals surface area contributed by atoms with E-state index in [9.17, 15) is 0 Å². The van der Waals surface area contributed by atoms with Crippen molar-refractivity contribution in [3.05, 3.63) is 23.8 Å². The fourth-order valence-electron chi connectivity index (χ4n) is 2.98. The van der Waals surface area contributed by atoms with E-state index >= 15 is 0 Å². The monoisotopic (exact) mass is 232 g/mol. The maximum Gasteiger partial charge on any atom is 0.0603 e. The zero-order valence-corrected chi connectivity index (χ0v) is 11.6. The Morgan fingerprint density at radius 3 is 2.24 bits per heavy atom. The highest BCUT2D eigenvalue weighted by Crippen LogP contribution is 2.68. The summed E-state index contributed by atoms with van der Waals surface area (Å²) in [6, 6.07) is 6.06. The number of para-hydroxylation sites is 1. The normalized spacial score (nSPS) is 21.2. The first-order chi connectivity index (χ1) is 7.78. The zero-order valence-electron chi connectivity index (χ0n) is 11.6. The SMILES string of the molecule is Cc1cccc(N)c1NCC1C(C)(C)C1(C)C. The van der Waals surface area contributed by atoms with E-state index in [1.807, 2.05) is 12.1 Å². The maximum absolute atomic E-state index is 6.00. The standard InChI is InChI=1S/C15H24N2/c1-10-7-6-8-11(16)13(10)17-9-12-14(2,3)15(12,4)5/h6-8,12,17H,9,16H2,1-5H3. The molecule has 94 valence electrons. The highest BCUT2D eigenvalue weighted by molar-refractivity contribution is 5.69. The Kier molecular flexibility index (Phi) is 2.64. The molecule has 0 radical (unpaired) electrons. The maximum atomic E-state index is 6.00. The topological polar surface area (TPSA) is 38.0 Å². The van der Waals surface area contributed by atoms with Crippen LogP contribution < -0.4 is 11.1 Å². The van der Waals surface area contributed by atoms with Gasteiger partial charge in [-0.3, -0.25) is 0 Å². The second kappa shape index (κ2) is 3.66. The molecule has 0 saturated heterocycles. The summed E-state index contributed by atoms with van der Waals surface area (Å²) in [6.45, 7) is 12.5. The molecule has 0 aliphatic heterocycles. The van der Waals surface area contributed by atoms with Crippen LogP contribution in [0.5, 0.6) is 0 Å². The van der Waals surface area contributed by atoms with Gasteiger partial charge in [-0.05, 0) is 35.3 Å². The van der Waals surface area contributed by atoms with Crippen LogP contribution in [0.4, 0.5) is 11.4 Å². The van der Waals surface area contributed by atoms with Crippen molar-refractivity contribution < 1.29 is 0 Å². The van der Waals surface area contributed by atoms with Gasteiger partial charge in [0.1, 0.15) is 0 Å². The van der Waals surface area contributed by atoms with Crippen LogP contribution in [-0.4, -0.2) is 6.54 Å². The summed E-state index contributed by atoms with van der Waals surface area (Å²) in [5, 5.41) is 3.53. The van der Waals surface area contributed by atoms with Crippen molar-refractivity contribution in [2.45, 2.75) is 34.6 Å². The van der Waals surface area contributed by atoms with Crippen molar-refractivity contribution in [3.8, 4) is 0 Å². The first-order valence-electron chi connectivity index (χ1n) is 6.37. The van der Waals surface area contributed by atoms with Crippen LogP contribution in [0.2, 0.25) is 0 Å². The molecule has 1 aromatic carbocycles. The van der Waals surface area contributed by atoms with Gasteiger partial charge in [-0.25, -0.2) is 0 Å². The summed E-state index contributed by atoms with van der Waals surface area (Å²) >= 11 is 0. The van der Waals surface area contributed by atoms with Gasteiger partial charge >= 0.3 is 0 Å². The number of nitrogens with one attached hydrogen (secondary N) is 1. The largest absolute Gasteiger partial charge is 0.397 e. The van der Waals surface area contributed by atoms with Crippen molar-refractivity contribution in [1.82, 2.24) is 0 Å². The second-order valence-electron chi connectivity index (χ2n) is 6.42. The first-order valence-corrected chi connectivity index (χ1v) is 6.37. The van der Waals surface area contributed by atoms with Gasteiger partial charge in [-0.2, -0.15) is 0 Å². The molecule has 1 fully saturated rings. The van der Waals surface area contributed by atoms with Crippen molar-refractivity contribution in [3.63, 3.8) is 0 Å². The van der Waals surface area contributed by atoms with E-state index in [4.69, 9.17) is 5.73 Å². The highest BCUT2D eigenvalue weighted by atomic mass is 14.9. The molecule has 3 N–H and O–H groups in total. The van der Waals surface area contributed by atoms with Gasteiger partial charge in [0.05, 0.1) is 11.4 Å². The Morgan fingerprint density at radius 2 is 1.76 bits per heavy atom. The Labute approximate surface area is 105 Å². The van der Waals surface area contributed by atoms with Gasteiger partial charge in [0.2, 0.25) is 0 Å². The fraction of sp³-hybridized carbons (Fsp3) is 0.600. The molecule has 0 aromatic heterocycles. The van der Waals surface area contributed by atoms with E-state index in [0.29, 0.717) is 16.7 Å². The Bertz CT molecular complexity index is 398. The predicted molar refractivity (Wildman–Crippen MR) is 75.1 cm³/mol. The van der Waals surface area contributed by atoms with Crippen LogP contribution in [-0.2, 0) is 0 Å². The Balaban J connectivity index is 2.06. The third kappa shape index (κ3) is 1.80. The number of hydrogen-bond acceptors (Lipinski definition) is 2. The van der Waals surface area contributed by atoms with Crippen LogP contribution in [0, 0.1) is 23.7 Å². The van der Waals surface area contributed by atoms with Crippen LogP contribution in [0.3, 0.4) is 0 Å². The van der Waals surface area contributed by atoms with E-state index in [1.54, 1.807) is 0 Å². The summed E-state index contributed by atoms with van der Waals surface area (Å²) in [5.74, 6) is 0.717. The molecule has 0 heterocycles. The molecule has 1 aliphatic rings. The minimum Gasteiger partial charge on any atom is -0.397 e. The molecule has 0 amide bonds. The molecular weight excluding hydrogens is 208 g/mol. The van der Waals surface area contributed by atoms with Gasteiger partial charge in [-0.15, -0.1) is 0 Å². The van der Waals surface area contributed by atoms with Gasteiger partial charge in [-0.1, -0.05) is 39.8 Å². The molecule has 0 unspecified atom stereocenters. The number of benzene rings is 1. The second-order valence-corrected chi connectivity index (χ2v) is 6.42. The number of rotatable bonds is 3. The molecule has 1 aromatic rings. The van der Waals surface area contributed by atoms with Gasteiger partial charge < -0.3 is 11.1 Å². The number of aryl methyl sites for hydroxylation is 1. The zero-order chi connectivity index (χ0) is 12.8. The minimum absolute atomic E-state index is 0.428. The minimum atomic E-state index is 0.428. The van der Waals surface area contributed by atoms with Gasteiger partial charge in [0.15, 0.2) is 0 Å². The number of nitrogens with two attached hydrogens (primary N) is 1. The lowest BCUT2D eigenvalue weighted by Crippen LogP contribution is -2.10. The van der Waals surface area contributed by atoms with Crippen molar-refractivity contribution in [1.29, 1.82) is 0 Å². The average molecular weight is 232 g/mol. The van der Waals surface area contributed by atoms with E-state index in [2.05, 4.69) is 46.0 Å². The lowest BCUT2D eigenvalue weighted by molar-refractivity contribution is 0.457. The fourth-order valence-corrected chi connectivity index (χ4v) is 2.98. The Hall–Kier alpha value is -1.18. The van der Waals surface area contributed by atoms with E-state index in [0.717, 1.165) is 17.9 Å². The number of nitrogen functional groups attached to an aromatic ring is 1.